The molecule has 0 aliphatic heterocycles. The lowest BCUT2D eigenvalue weighted by Gasteiger charge is -2.05. The van der Waals surface area contributed by atoms with Gasteiger partial charge >= 0.3 is 0 Å². The van der Waals surface area contributed by atoms with Gasteiger partial charge in [-0.15, -0.1) is 32.9 Å². The summed E-state index contributed by atoms with van der Waals surface area (Å²) >= 11 is 0. The van der Waals surface area contributed by atoms with Crippen molar-refractivity contribution in [2.75, 3.05) is 0 Å². The minimum absolute atomic E-state index is 1.09. The van der Waals surface area contributed by atoms with Crippen LogP contribution in [-0.2, 0) is 0 Å². The summed E-state index contributed by atoms with van der Waals surface area (Å²) in [6.45, 7) is 43.8. The molecule has 0 atom stereocenters. The molecule has 0 saturated carbocycles. The zero-order valence-electron chi connectivity index (χ0n) is 22.4. The van der Waals surface area contributed by atoms with Gasteiger partial charge in [-0.1, -0.05) is 118 Å². The Balaban J connectivity index is -0.0000000347. The van der Waals surface area contributed by atoms with Gasteiger partial charge < -0.3 is 0 Å². The topological polar surface area (TPSA) is 0 Å². The smallest absolute Gasteiger partial charge is 0.0133 e. The highest BCUT2D eigenvalue weighted by Gasteiger charge is 1.95. The van der Waals surface area contributed by atoms with Crippen molar-refractivity contribution in [3.8, 4) is 0 Å². The van der Waals surface area contributed by atoms with Gasteiger partial charge in [-0.05, 0) is 33.1 Å². The summed E-state index contributed by atoms with van der Waals surface area (Å²) in [7, 11) is 0. The van der Waals surface area contributed by atoms with Gasteiger partial charge in [0.05, 0.1) is 0 Å². The Labute approximate surface area is 183 Å². The summed E-state index contributed by atoms with van der Waals surface area (Å²) in [5.74, 6) is 0. The Morgan fingerprint density at radius 1 is 0.714 bits per heavy atom. The third-order valence-electron chi connectivity index (χ3n) is 2.20. The van der Waals surface area contributed by atoms with E-state index in [2.05, 4.69) is 80.2 Å². The van der Waals surface area contributed by atoms with Crippen molar-refractivity contribution in [1.82, 2.24) is 0 Å². The maximum absolute atomic E-state index is 3.65. The molecule has 0 aliphatic rings. The second-order valence-electron chi connectivity index (χ2n) is 4.07. The molecule has 0 rings (SSSR count). The van der Waals surface area contributed by atoms with Crippen LogP contribution in [0.25, 0.3) is 0 Å². The van der Waals surface area contributed by atoms with E-state index in [1.807, 2.05) is 60.6 Å². The molecule has 0 heteroatoms. The van der Waals surface area contributed by atoms with Crippen molar-refractivity contribution >= 4 is 0 Å². The fourth-order valence-electron chi connectivity index (χ4n) is 1.18. The first-order valence-corrected chi connectivity index (χ1v) is 11.1. The summed E-state index contributed by atoms with van der Waals surface area (Å²) < 4.78 is 0. The largest absolute Gasteiger partial charge is 0.106 e. The van der Waals surface area contributed by atoms with E-state index >= 15 is 0 Å². The van der Waals surface area contributed by atoms with E-state index in [4.69, 9.17) is 0 Å². The third-order valence-corrected chi connectivity index (χ3v) is 2.20. The summed E-state index contributed by atoms with van der Waals surface area (Å²) in [5.41, 5.74) is 3.10. The van der Waals surface area contributed by atoms with Crippen LogP contribution in [0.2, 0.25) is 0 Å². The van der Waals surface area contributed by atoms with Gasteiger partial charge in [0.1, 0.15) is 0 Å². The third kappa shape index (κ3) is 103. The first-order valence-electron chi connectivity index (χ1n) is 11.1. The van der Waals surface area contributed by atoms with Crippen molar-refractivity contribution in [2.24, 2.45) is 0 Å². The predicted molar refractivity (Wildman–Crippen MR) is 146 cm³/mol. The maximum Gasteiger partial charge on any atom is -0.0133 e. The number of hydrogen-bond donors (Lipinski definition) is 0. The molecule has 0 aliphatic carbocycles. The van der Waals surface area contributed by atoms with Crippen LogP contribution < -0.4 is 0 Å². The minimum Gasteiger partial charge on any atom is -0.106 e. The molecule has 0 aromatic carbocycles. The highest BCUT2D eigenvalue weighted by Crippen LogP contribution is 2.15. The molecule has 0 unspecified atom stereocenters. The van der Waals surface area contributed by atoms with E-state index < -0.39 is 0 Å². The average molecular weight is 397 g/mol. The molecular formula is C28H60. The summed E-state index contributed by atoms with van der Waals surface area (Å²) in [4.78, 5) is 0. The number of allylic oxidation sites excluding steroid dienone is 6. The van der Waals surface area contributed by atoms with Crippen molar-refractivity contribution < 1.29 is 0 Å². The van der Waals surface area contributed by atoms with E-state index in [0.717, 1.165) is 6.42 Å². The fraction of sp³-hybridized carbons (Fsp3) is 0.571. The van der Waals surface area contributed by atoms with Crippen molar-refractivity contribution in [3.05, 3.63) is 74.9 Å². The monoisotopic (exact) mass is 396 g/mol. The fourth-order valence-corrected chi connectivity index (χ4v) is 1.18. The molecule has 0 spiro atoms. The van der Waals surface area contributed by atoms with Crippen LogP contribution in [0.4, 0.5) is 0 Å². The zero-order chi connectivity index (χ0) is 24.8. The molecule has 0 nitrogen and oxygen atoms in total. The van der Waals surface area contributed by atoms with Crippen LogP contribution in [0, 0.1) is 0 Å². The van der Waals surface area contributed by atoms with E-state index in [0.29, 0.717) is 0 Å². The van der Waals surface area contributed by atoms with Gasteiger partial charge in [0.15, 0.2) is 0 Å². The minimum atomic E-state index is 1.09. The molecular weight excluding hydrogens is 336 g/mol. The molecule has 172 valence electrons. The standard InChI is InChI=1S/C12H20.C3H8.C3H6.3C2H6.2C2H4/c1-5-8-9-10-12(7-3)11(4)6-2;2*1-3-2;5*1-2/h5,8-9H,1,6-7,10H2,2-4H3;3H2,1-2H3;3H,1H2,2H3;3*1-2H3;2*1-2H2/b9-8-,12-11-;;;;;;;. The molecule has 0 radical (unpaired) electrons. The molecule has 0 N–H and O–H groups in total. The number of hydrogen-bond acceptors (Lipinski definition) is 0. The molecule has 0 heterocycles. The van der Waals surface area contributed by atoms with Crippen LogP contribution >= 0.6 is 0 Å². The Hall–Kier alpha value is -1.56. The Kier molecular flexibility index (Phi) is 176. The van der Waals surface area contributed by atoms with Crippen LogP contribution in [0.5, 0.6) is 0 Å². The predicted octanol–water partition coefficient (Wildman–Crippen LogP) is 11.5. The zero-order valence-corrected chi connectivity index (χ0v) is 22.4. The first-order chi connectivity index (χ1) is 13.6. The highest BCUT2D eigenvalue weighted by molar-refractivity contribution is 5.16. The van der Waals surface area contributed by atoms with E-state index in [1.54, 1.807) is 11.6 Å². The lowest BCUT2D eigenvalue weighted by molar-refractivity contribution is 0.945. The van der Waals surface area contributed by atoms with Gasteiger partial charge in [-0.2, -0.15) is 0 Å². The lowest BCUT2D eigenvalue weighted by Crippen LogP contribution is -1.84. The van der Waals surface area contributed by atoms with Crippen LogP contribution in [0.1, 0.15) is 109 Å². The molecule has 0 aromatic rings. The van der Waals surface area contributed by atoms with Gasteiger partial charge in [-0.3, -0.25) is 0 Å². The van der Waals surface area contributed by atoms with Crippen LogP contribution in [-0.4, -0.2) is 0 Å². The van der Waals surface area contributed by atoms with Gasteiger partial charge in [0.25, 0.3) is 0 Å². The van der Waals surface area contributed by atoms with Crippen molar-refractivity contribution in [3.63, 3.8) is 0 Å². The van der Waals surface area contributed by atoms with E-state index in [9.17, 15) is 0 Å². The van der Waals surface area contributed by atoms with Crippen LogP contribution in [0.15, 0.2) is 74.9 Å². The van der Waals surface area contributed by atoms with Gasteiger partial charge in [-0.25, -0.2) is 0 Å². The first kappa shape index (κ1) is 50.3. The lowest BCUT2D eigenvalue weighted by atomic mass is 10.0. The highest BCUT2D eigenvalue weighted by atomic mass is 14.0. The second-order valence-corrected chi connectivity index (χ2v) is 4.07. The van der Waals surface area contributed by atoms with Crippen molar-refractivity contribution in [1.29, 1.82) is 0 Å². The van der Waals surface area contributed by atoms with Gasteiger partial charge in [0.2, 0.25) is 0 Å². The Morgan fingerprint density at radius 2 is 1.00 bits per heavy atom. The Morgan fingerprint density at radius 3 is 1.18 bits per heavy atom. The normalized spacial score (nSPS) is 7.71. The van der Waals surface area contributed by atoms with Crippen molar-refractivity contribution in [2.45, 2.75) is 109 Å². The average Bonchev–Trinajstić information content (AvgIpc) is 2.79. The molecule has 0 aromatic heterocycles. The molecule has 28 heavy (non-hydrogen) atoms. The van der Waals surface area contributed by atoms with Crippen LogP contribution in [0.3, 0.4) is 0 Å². The van der Waals surface area contributed by atoms with E-state index in [1.165, 1.54) is 24.8 Å². The molecule has 0 bridgehead atoms. The molecule has 0 amide bonds. The maximum atomic E-state index is 3.65. The quantitative estimate of drug-likeness (QED) is 0.320. The SMILES string of the molecule is C=C.C=C.C=C/C=C\C/C(CC)=C(/C)CC.C=CC.CC.CC.CC.CCC. The second kappa shape index (κ2) is 98.2. The Bertz CT molecular complexity index is 251. The molecule has 0 saturated heterocycles. The van der Waals surface area contributed by atoms with E-state index in [-0.39, 0.29) is 0 Å². The summed E-state index contributed by atoms with van der Waals surface area (Å²) in [5, 5.41) is 0. The van der Waals surface area contributed by atoms with Gasteiger partial charge in [0, 0.05) is 0 Å². The summed E-state index contributed by atoms with van der Waals surface area (Å²) in [6, 6.07) is 0. The molecule has 0 fully saturated rings. The summed E-state index contributed by atoms with van der Waals surface area (Å²) in [6.07, 6.45) is 12.4. The number of rotatable bonds is 5.